The maximum absolute atomic E-state index is 10.4. The van der Waals surface area contributed by atoms with E-state index in [-0.39, 0.29) is 0 Å². The number of aromatic hydroxyl groups is 1. The van der Waals surface area contributed by atoms with E-state index in [2.05, 4.69) is 13.0 Å². The van der Waals surface area contributed by atoms with Crippen LogP contribution in [0.3, 0.4) is 0 Å². The standard InChI is InChI=1S/C19H28O3/c1-2-4-14-5-7-15(8-6-14)16-9-10-17(18(20)13-16)19-21-11-3-12-22-19/h9-10,13-15,19-20H,2-8,11-12H2,1H3. The summed E-state index contributed by atoms with van der Waals surface area (Å²) >= 11 is 0. The van der Waals surface area contributed by atoms with Crippen LogP contribution in [-0.2, 0) is 9.47 Å². The van der Waals surface area contributed by atoms with E-state index in [9.17, 15) is 5.11 Å². The lowest BCUT2D eigenvalue weighted by atomic mass is 9.77. The van der Waals surface area contributed by atoms with Crippen molar-refractivity contribution >= 4 is 0 Å². The van der Waals surface area contributed by atoms with E-state index in [1.165, 1.54) is 44.1 Å². The van der Waals surface area contributed by atoms with Crippen LogP contribution in [0.15, 0.2) is 18.2 Å². The summed E-state index contributed by atoms with van der Waals surface area (Å²) in [7, 11) is 0. The molecule has 0 spiro atoms. The summed E-state index contributed by atoms with van der Waals surface area (Å²) in [5.41, 5.74) is 2.04. The van der Waals surface area contributed by atoms with Crippen molar-refractivity contribution in [1.82, 2.24) is 0 Å². The zero-order chi connectivity index (χ0) is 15.4. The van der Waals surface area contributed by atoms with Gasteiger partial charge in [0.05, 0.1) is 13.2 Å². The van der Waals surface area contributed by atoms with Crippen molar-refractivity contribution in [2.45, 2.75) is 64.1 Å². The molecular formula is C19H28O3. The van der Waals surface area contributed by atoms with E-state index < -0.39 is 6.29 Å². The van der Waals surface area contributed by atoms with Crippen LogP contribution < -0.4 is 0 Å². The third kappa shape index (κ3) is 3.64. The van der Waals surface area contributed by atoms with Gasteiger partial charge in [-0.1, -0.05) is 25.8 Å². The Hall–Kier alpha value is -1.06. The Labute approximate surface area is 133 Å². The SMILES string of the molecule is CCCC1CCC(c2ccc(C3OCCCO3)c(O)c2)CC1. The molecule has 1 aliphatic heterocycles. The van der Waals surface area contributed by atoms with Gasteiger partial charge < -0.3 is 14.6 Å². The molecule has 122 valence electrons. The number of hydrogen-bond donors (Lipinski definition) is 1. The Morgan fingerprint density at radius 2 is 1.82 bits per heavy atom. The van der Waals surface area contributed by atoms with Gasteiger partial charge in [-0.3, -0.25) is 0 Å². The number of rotatable bonds is 4. The summed E-state index contributed by atoms with van der Waals surface area (Å²) in [5.74, 6) is 1.83. The second-order valence-electron chi connectivity index (χ2n) is 6.75. The number of benzene rings is 1. The molecule has 1 heterocycles. The summed E-state index contributed by atoms with van der Waals surface area (Å²) in [6, 6.07) is 6.07. The first kappa shape index (κ1) is 15.8. The minimum absolute atomic E-state index is 0.320. The van der Waals surface area contributed by atoms with Gasteiger partial charge in [-0.05, 0) is 61.6 Å². The van der Waals surface area contributed by atoms with E-state index >= 15 is 0 Å². The second-order valence-corrected chi connectivity index (χ2v) is 6.75. The van der Waals surface area contributed by atoms with Crippen molar-refractivity contribution in [3.63, 3.8) is 0 Å². The van der Waals surface area contributed by atoms with Crippen LogP contribution >= 0.6 is 0 Å². The predicted octanol–water partition coefficient (Wildman–Crippen LogP) is 4.90. The van der Waals surface area contributed by atoms with Crippen LogP contribution in [0.25, 0.3) is 0 Å². The van der Waals surface area contributed by atoms with Gasteiger partial charge in [0.25, 0.3) is 0 Å². The maximum Gasteiger partial charge on any atom is 0.187 e. The van der Waals surface area contributed by atoms with Crippen LogP contribution in [0, 0.1) is 5.92 Å². The highest BCUT2D eigenvalue weighted by Gasteiger charge is 2.24. The minimum Gasteiger partial charge on any atom is -0.507 e. The number of ether oxygens (including phenoxy) is 2. The first-order valence-corrected chi connectivity index (χ1v) is 8.84. The van der Waals surface area contributed by atoms with Gasteiger partial charge in [-0.2, -0.15) is 0 Å². The minimum atomic E-state index is -0.400. The van der Waals surface area contributed by atoms with Gasteiger partial charge in [0.1, 0.15) is 5.75 Å². The summed E-state index contributed by atoms with van der Waals surface area (Å²) < 4.78 is 11.2. The van der Waals surface area contributed by atoms with Gasteiger partial charge in [0.15, 0.2) is 6.29 Å². The Morgan fingerprint density at radius 3 is 2.45 bits per heavy atom. The lowest BCUT2D eigenvalue weighted by molar-refractivity contribution is -0.183. The largest absolute Gasteiger partial charge is 0.507 e. The molecule has 0 aromatic heterocycles. The molecule has 3 rings (SSSR count). The third-order valence-electron chi connectivity index (χ3n) is 5.15. The molecule has 1 saturated carbocycles. The molecule has 0 atom stereocenters. The van der Waals surface area contributed by atoms with E-state index in [0.717, 1.165) is 17.9 Å². The molecule has 2 aliphatic rings. The fraction of sp³-hybridized carbons (Fsp3) is 0.684. The molecule has 3 heteroatoms. The predicted molar refractivity (Wildman–Crippen MR) is 87.0 cm³/mol. The van der Waals surface area contributed by atoms with Crippen LogP contribution in [-0.4, -0.2) is 18.3 Å². The average molecular weight is 304 g/mol. The molecule has 3 nitrogen and oxygen atoms in total. The summed E-state index contributed by atoms with van der Waals surface area (Å²) in [4.78, 5) is 0. The highest BCUT2D eigenvalue weighted by Crippen LogP contribution is 2.40. The van der Waals surface area contributed by atoms with Crippen LogP contribution in [0.2, 0.25) is 0 Å². The zero-order valence-corrected chi connectivity index (χ0v) is 13.6. The first-order valence-electron chi connectivity index (χ1n) is 8.84. The molecular weight excluding hydrogens is 276 g/mol. The molecule has 1 N–H and O–H groups in total. The Balaban J connectivity index is 1.64. The molecule has 22 heavy (non-hydrogen) atoms. The summed E-state index contributed by atoms with van der Waals surface area (Å²) in [6.45, 7) is 3.68. The van der Waals surface area contributed by atoms with Crippen molar-refractivity contribution in [2.24, 2.45) is 5.92 Å². The van der Waals surface area contributed by atoms with Gasteiger partial charge in [-0.15, -0.1) is 0 Å². The van der Waals surface area contributed by atoms with Crippen LogP contribution in [0.1, 0.15) is 75.2 Å². The number of hydrogen-bond acceptors (Lipinski definition) is 3. The highest BCUT2D eigenvalue weighted by atomic mass is 16.7. The van der Waals surface area contributed by atoms with E-state index in [1.807, 2.05) is 12.1 Å². The van der Waals surface area contributed by atoms with E-state index in [1.54, 1.807) is 0 Å². The van der Waals surface area contributed by atoms with Crippen LogP contribution in [0.4, 0.5) is 0 Å². The Kier molecular flexibility index (Phi) is 5.37. The molecule has 0 amide bonds. The third-order valence-corrected chi connectivity index (χ3v) is 5.15. The molecule has 2 fully saturated rings. The lowest BCUT2D eigenvalue weighted by Gasteiger charge is -2.29. The number of phenolic OH excluding ortho intramolecular Hbond substituents is 1. The molecule has 1 saturated heterocycles. The second kappa shape index (κ2) is 7.47. The normalized spacial score (nSPS) is 27.0. The lowest BCUT2D eigenvalue weighted by Crippen LogP contribution is -2.18. The summed E-state index contributed by atoms with van der Waals surface area (Å²) in [6.07, 6.45) is 8.35. The van der Waals surface area contributed by atoms with Gasteiger partial charge in [0.2, 0.25) is 0 Å². The molecule has 1 aliphatic carbocycles. The van der Waals surface area contributed by atoms with Gasteiger partial charge in [-0.25, -0.2) is 0 Å². The fourth-order valence-electron chi connectivity index (χ4n) is 3.87. The highest BCUT2D eigenvalue weighted by molar-refractivity contribution is 5.39. The van der Waals surface area contributed by atoms with Gasteiger partial charge >= 0.3 is 0 Å². The van der Waals surface area contributed by atoms with Crippen molar-refractivity contribution in [3.8, 4) is 5.75 Å². The monoisotopic (exact) mass is 304 g/mol. The molecule has 1 aromatic rings. The van der Waals surface area contributed by atoms with Crippen molar-refractivity contribution in [2.75, 3.05) is 13.2 Å². The van der Waals surface area contributed by atoms with E-state index in [0.29, 0.717) is 24.9 Å². The molecule has 0 radical (unpaired) electrons. The smallest absolute Gasteiger partial charge is 0.187 e. The first-order chi connectivity index (χ1) is 10.8. The average Bonchev–Trinajstić information content (AvgIpc) is 2.56. The van der Waals surface area contributed by atoms with Crippen molar-refractivity contribution in [3.05, 3.63) is 29.3 Å². The molecule has 1 aromatic carbocycles. The van der Waals surface area contributed by atoms with E-state index in [4.69, 9.17) is 9.47 Å². The Bertz CT molecular complexity index is 472. The topological polar surface area (TPSA) is 38.7 Å². The van der Waals surface area contributed by atoms with Crippen LogP contribution in [0.5, 0.6) is 5.75 Å². The quantitative estimate of drug-likeness (QED) is 0.859. The fourth-order valence-corrected chi connectivity index (χ4v) is 3.87. The van der Waals surface area contributed by atoms with Gasteiger partial charge in [0, 0.05) is 5.56 Å². The summed E-state index contributed by atoms with van der Waals surface area (Å²) in [5, 5.41) is 10.4. The Morgan fingerprint density at radius 1 is 1.09 bits per heavy atom. The van der Waals surface area contributed by atoms with Crippen molar-refractivity contribution < 1.29 is 14.6 Å². The molecule has 0 unspecified atom stereocenters. The molecule has 0 bridgehead atoms. The number of phenols is 1. The van der Waals surface area contributed by atoms with Crippen molar-refractivity contribution in [1.29, 1.82) is 0 Å². The maximum atomic E-state index is 10.4. The zero-order valence-electron chi connectivity index (χ0n) is 13.6.